The van der Waals surface area contributed by atoms with Gasteiger partial charge in [-0.15, -0.1) is 6.58 Å². The van der Waals surface area contributed by atoms with Gasteiger partial charge in [0.15, 0.2) is 8.32 Å². The Labute approximate surface area is 118 Å². The summed E-state index contributed by atoms with van der Waals surface area (Å²) >= 11 is 0. The van der Waals surface area contributed by atoms with E-state index in [1.807, 2.05) is 13.0 Å². The minimum atomic E-state index is -1.71. The SMILES string of the molecule is C=C[C@H]1[C@H](CCO[Si](C)(C)C(C)(C)C)OC(=O)[C@H]1C. The largest absolute Gasteiger partial charge is 0.461 e. The fourth-order valence-electron chi connectivity index (χ4n) is 2.07. The summed E-state index contributed by atoms with van der Waals surface area (Å²) in [6.45, 7) is 17.5. The molecule has 0 N–H and O–H groups in total. The van der Waals surface area contributed by atoms with Crippen LogP contribution in [0.5, 0.6) is 0 Å². The molecule has 1 saturated heterocycles. The van der Waals surface area contributed by atoms with Gasteiger partial charge >= 0.3 is 5.97 Å². The fourth-order valence-corrected chi connectivity index (χ4v) is 3.13. The van der Waals surface area contributed by atoms with Gasteiger partial charge in [-0.3, -0.25) is 4.79 Å². The van der Waals surface area contributed by atoms with Crippen LogP contribution in [0.25, 0.3) is 0 Å². The number of esters is 1. The molecule has 3 nitrogen and oxygen atoms in total. The van der Waals surface area contributed by atoms with Crippen LogP contribution >= 0.6 is 0 Å². The molecule has 19 heavy (non-hydrogen) atoms. The van der Waals surface area contributed by atoms with E-state index in [9.17, 15) is 4.79 Å². The number of ether oxygens (including phenoxy) is 1. The van der Waals surface area contributed by atoms with Gasteiger partial charge in [-0.05, 0) is 18.1 Å². The average Bonchev–Trinajstić information content (AvgIpc) is 2.52. The second-order valence-corrected chi connectivity index (χ2v) is 11.8. The molecule has 1 aliphatic rings. The van der Waals surface area contributed by atoms with Crippen molar-refractivity contribution in [2.75, 3.05) is 6.61 Å². The van der Waals surface area contributed by atoms with E-state index in [1.165, 1.54) is 0 Å². The average molecular weight is 284 g/mol. The molecule has 4 heteroatoms. The van der Waals surface area contributed by atoms with Crippen molar-refractivity contribution in [1.29, 1.82) is 0 Å². The van der Waals surface area contributed by atoms with Crippen molar-refractivity contribution >= 4 is 14.3 Å². The Morgan fingerprint density at radius 1 is 1.42 bits per heavy atom. The first kappa shape index (κ1) is 16.4. The molecule has 0 aromatic carbocycles. The van der Waals surface area contributed by atoms with Crippen LogP contribution in [0.1, 0.15) is 34.1 Å². The molecule has 0 amide bonds. The van der Waals surface area contributed by atoms with Gasteiger partial charge in [0.1, 0.15) is 6.10 Å². The van der Waals surface area contributed by atoms with Gasteiger partial charge < -0.3 is 9.16 Å². The van der Waals surface area contributed by atoms with Crippen molar-refractivity contribution in [1.82, 2.24) is 0 Å². The lowest BCUT2D eigenvalue weighted by Crippen LogP contribution is -2.41. The van der Waals surface area contributed by atoms with Crippen LogP contribution in [0, 0.1) is 11.8 Å². The lowest BCUT2D eigenvalue weighted by molar-refractivity contribution is -0.144. The number of rotatable bonds is 5. The third-order valence-electron chi connectivity index (χ3n) is 4.59. The van der Waals surface area contributed by atoms with Crippen molar-refractivity contribution in [3.8, 4) is 0 Å². The number of carbonyl (C=O) groups excluding carboxylic acids is 1. The lowest BCUT2D eigenvalue weighted by Gasteiger charge is -2.36. The summed E-state index contributed by atoms with van der Waals surface area (Å²) in [5, 5.41) is 0.213. The van der Waals surface area contributed by atoms with E-state index in [4.69, 9.17) is 9.16 Å². The first-order valence-electron chi connectivity index (χ1n) is 7.07. The standard InChI is InChI=1S/C15H28O3Si/c1-8-12-11(2)14(16)18-13(12)9-10-17-19(6,7)15(3,4)5/h8,11-13H,1,9-10H2,2-7H3/t11-,12+,13-/m0/s1. The Kier molecular flexibility index (Phi) is 5.01. The Balaban J connectivity index is 2.50. The van der Waals surface area contributed by atoms with E-state index in [-0.39, 0.29) is 28.9 Å². The molecule has 1 fully saturated rings. The second-order valence-electron chi connectivity index (χ2n) is 6.97. The number of hydrogen-bond acceptors (Lipinski definition) is 3. The van der Waals surface area contributed by atoms with E-state index in [2.05, 4.69) is 40.4 Å². The third-order valence-corrected chi connectivity index (χ3v) is 9.13. The first-order chi connectivity index (χ1) is 8.60. The van der Waals surface area contributed by atoms with Crippen molar-refractivity contribution in [2.45, 2.75) is 58.4 Å². The van der Waals surface area contributed by atoms with Crippen LogP contribution < -0.4 is 0 Å². The quantitative estimate of drug-likeness (QED) is 0.438. The maximum Gasteiger partial charge on any atom is 0.309 e. The van der Waals surface area contributed by atoms with Gasteiger partial charge in [-0.2, -0.15) is 0 Å². The van der Waals surface area contributed by atoms with Crippen molar-refractivity contribution in [2.24, 2.45) is 11.8 Å². The zero-order chi connectivity index (χ0) is 14.8. The lowest BCUT2D eigenvalue weighted by atomic mass is 9.91. The molecule has 0 aromatic rings. The highest BCUT2D eigenvalue weighted by Crippen LogP contribution is 2.37. The van der Waals surface area contributed by atoms with E-state index in [0.29, 0.717) is 6.61 Å². The monoisotopic (exact) mass is 284 g/mol. The maximum absolute atomic E-state index is 11.6. The molecule has 1 rings (SSSR count). The highest BCUT2D eigenvalue weighted by molar-refractivity contribution is 6.74. The van der Waals surface area contributed by atoms with Crippen LogP contribution in [-0.4, -0.2) is 27.0 Å². The summed E-state index contributed by atoms with van der Waals surface area (Å²) in [4.78, 5) is 11.6. The minimum Gasteiger partial charge on any atom is -0.461 e. The molecule has 0 bridgehead atoms. The Morgan fingerprint density at radius 2 is 2.00 bits per heavy atom. The van der Waals surface area contributed by atoms with Gasteiger partial charge in [0.05, 0.1) is 5.92 Å². The zero-order valence-corrected chi connectivity index (χ0v) is 14.2. The maximum atomic E-state index is 11.6. The molecule has 0 radical (unpaired) electrons. The molecule has 1 heterocycles. The number of cyclic esters (lactones) is 1. The van der Waals surface area contributed by atoms with E-state index in [1.54, 1.807) is 0 Å². The Morgan fingerprint density at radius 3 is 2.47 bits per heavy atom. The molecule has 0 aromatic heterocycles. The molecule has 1 aliphatic heterocycles. The van der Waals surface area contributed by atoms with Crippen LogP contribution in [0.4, 0.5) is 0 Å². The van der Waals surface area contributed by atoms with Crippen molar-refractivity contribution < 1.29 is 14.0 Å². The zero-order valence-electron chi connectivity index (χ0n) is 13.2. The molecule has 0 unspecified atom stereocenters. The Bertz CT molecular complexity index is 344. The highest BCUT2D eigenvalue weighted by atomic mass is 28.4. The van der Waals surface area contributed by atoms with Crippen LogP contribution in [0.2, 0.25) is 18.1 Å². The summed E-state index contributed by atoms with van der Waals surface area (Å²) in [7, 11) is -1.71. The number of hydrogen-bond donors (Lipinski definition) is 0. The molecular weight excluding hydrogens is 256 g/mol. The van der Waals surface area contributed by atoms with Gasteiger partial charge in [0.25, 0.3) is 0 Å². The van der Waals surface area contributed by atoms with Gasteiger partial charge in [-0.1, -0.05) is 33.8 Å². The van der Waals surface area contributed by atoms with Crippen LogP contribution in [-0.2, 0) is 14.0 Å². The summed E-state index contributed by atoms with van der Waals surface area (Å²) in [5.74, 6) is -0.0619. The summed E-state index contributed by atoms with van der Waals surface area (Å²) in [5.41, 5.74) is 0. The van der Waals surface area contributed by atoms with Gasteiger partial charge in [0, 0.05) is 18.9 Å². The van der Waals surface area contributed by atoms with Gasteiger partial charge in [-0.25, -0.2) is 0 Å². The third kappa shape index (κ3) is 3.69. The van der Waals surface area contributed by atoms with Crippen LogP contribution in [0.3, 0.4) is 0 Å². The van der Waals surface area contributed by atoms with Crippen molar-refractivity contribution in [3.63, 3.8) is 0 Å². The molecule has 3 atom stereocenters. The normalized spacial score (nSPS) is 28.3. The van der Waals surface area contributed by atoms with E-state index in [0.717, 1.165) is 6.42 Å². The predicted molar refractivity (Wildman–Crippen MR) is 80.5 cm³/mol. The summed E-state index contributed by atoms with van der Waals surface area (Å²) in [6, 6.07) is 0. The van der Waals surface area contributed by atoms with Gasteiger partial charge in [0.2, 0.25) is 0 Å². The molecule has 0 saturated carbocycles. The molecule has 0 spiro atoms. The minimum absolute atomic E-state index is 0.0650. The highest BCUT2D eigenvalue weighted by Gasteiger charge is 2.41. The van der Waals surface area contributed by atoms with E-state index >= 15 is 0 Å². The van der Waals surface area contributed by atoms with E-state index < -0.39 is 8.32 Å². The molecule has 0 aliphatic carbocycles. The Hall–Kier alpha value is -0.613. The van der Waals surface area contributed by atoms with Crippen LogP contribution in [0.15, 0.2) is 12.7 Å². The summed E-state index contributed by atoms with van der Waals surface area (Å²) in [6.07, 6.45) is 2.54. The van der Waals surface area contributed by atoms with Crippen molar-refractivity contribution in [3.05, 3.63) is 12.7 Å². The number of carbonyl (C=O) groups is 1. The first-order valence-corrected chi connectivity index (χ1v) is 9.98. The topological polar surface area (TPSA) is 35.5 Å². The fraction of sp³-hybridized carbons (Fsp3) is 0.800. The smallest absolute Gasteiger partial charge is 0.309 e. The molecule has 110 valence electrons. The second kappa shape index (κ2) is 5.79. The predicted octanol–water partition coefficient (Wildman–Crippen LogP) is 3.76. The summed E-state index contributed by atoms with van der Waals surface area (Å²) < 4.78 is 11.5. The molecular formula is C15H28O3Si.